The molecule has 1 aliphatic carbocycles. The van der Waals surface area contributed by atoms with Crippen LogP contribution in [-0.2, 0) is 0 Å². The van der Waals surface area contributed by atoms with E-state index in [-0.39, 0.29) is 5.82 Å². The molecule has 1 aliphatic rings. The summed E-state index contributed by atoms with van der Waals surface area (Å²) >= 11 is 0. The maximum atomic E-state index is 12.7. The molecule has 0 saturated heterocycles. The van der Waals surface area contributed by atoms with E-state index in [1.807, 2.05) is 7.05 Å². The molecule has 0 heterocycles. The first kappa shape index (κ1) is 11.4. The topological polar surface area (TPSA) is 24.1 Å². The van der Waals surface area contributed by atoms with E-state index in [1.54, 1.807) is 12.1 Å². The maximum absolute atomic E-state index is 12.7. The normalized spacial score (nSPS) is 17.9. The summed E-state index contributed by atoms with van der Waals surface area (Å²) in [7, 11) is 2.00. The standard InChI is InChI=1S/C13H19FN2/c1-15-9-13(7-2-8-13)10-16-12-5-3-11(14)4-6-12/h3-6,15-16H,2,7-10H2,1H3. The van der Waals surface area contributed by atoms with Gasteiger partial charge in [-0.1, -0.05) is 6.42 Å². The zero-order chi connectivity index (χ0) is 11.4. The molecule has 2 N–H and O–H groups in total. The molecule has 3 heteroatoms. The molecule has 2 rings (SSSR count). The van der Waals surface area contributed by atoms with Gasteiger partial charge in [0.15, 0.2) is 0 Å². The molecule has 2 nitrogen and oxygen atoms in total. The lowest BCUT2D eigenvalue weighted by Crippen LogP contribution is -2.44. The summed E-state index contributed by atoms with van der Waals surface area (Å²) in [6.45, 7) is 2.03. The molecule has 0 radical (unpaired) electrons. The number of nitrogens with one attached hydrogen (secondary N) is 2. The Morgan fingerprint density at radius 3 is 2.38 bits per heavy atom. The average Bonchev–Trinajstić information content (AvgIpc) is 2.24. The molecule has 0 atom stereocenters. The molecule has 0 unspecified atom stereocenters. The molecule has 0 amide bonds. The second kappa shape index (κ2) is 4.83. The number of hydrogen-bond acceptors (Lipinski definition) is 2. The zero-order valence-corrected chi connectivity index (χ0v) is 9.72. The summed E-state index contributed by atoms with van der Waals surface area (Å²) in [5.74, 6) is -0.181. The highest BCUT2D eigenvalue weighted by Crippen LogP contribution is 2.40. The molecule has 0 spiro atoms. The molecule has 0 aromatic heterocycles. The third kappa shape index (κ3) is 2.53. The van der Waals surface area contributed by atoms with Crippen molar-refractivity contribution in [1.82, 2.24) is 5.32 Å². The van der Waals surface area contributed by atoms with Crippen molar-refractivity contribution in [2.24, 2.45) is 5.41 Å². The predicted molar refractivity (Wildman–Crippen MR) is 65.1 cm³/mol. The van der Waals surface area contributed by atoms with Crippen molar-refractivity contribution in [2.75, 3.05) is 25.5 Å². The summed E-state index contributed by atoms with van der Waals surface area (Å²) in [5.41, 5.74) is 1.41. The fraction of sp³-hybridized carbons (Fsp3) is 0.538. The minimum absolute atomic E-state index is 0.181. The maximum Gasteiger partial charge on any atom is 0.123 e. The Balaban J connectivity index is 1.88. The molecule has 88 valence electrons. The molecule has 0 bridgehead atoms. The van der Waals surface area contributed by atoms with Crippen LogP contribution in [0.4, 0.5) is 10.1 Å². The monoisotopic (exact) mass is 222 g/mol. The van der Waals surface area contributed by atoms with Crippen molar-refractivity contribution in [1.29, 1.82) is 0 Å². The van der Waals surface area contributed by atoms with E-state index < -0.39 is 0 Å². The Hall–Kier alpha value is -1.09. The van der Waals surface area contributed by atoms with Crippen LogP contribution in [0.1, 0.15) is 19.3 Å². The van der Waals surface area contributed by atoms with E-state index in [0.29, 0.717) is 5.41 Å². The second-order valence-electron chi connectivity index (χ2n) is 4.74. The van der Waals surface area contributed by atoms with Crippen LogP contribution in [0.25, 0.3) is 0 Å². The average molecular weight is 222 g/mol. The van der Waals surface area contributed by atoms with Crippen LogP contribution in [0.3, 0.4) is 0 Å². The van der Waals surface area contributed by atoms with Crippen LogP contribution in [0.15, 0.2) is 24.3 Å². The molecule has 1 saturated carbocycles. The van der Waals surface area contributed by atoms with Crippen molar-refractivity contribution >= 4 is 5.69 Å². The summed E-state index contributed by atoms with van der Waals surface area (Å²) < 4.78 is 12.7. The summed E-state index contributed by atoms with van der Waals surface area (Å²) in [6, 6.07) is 6.57. The van der Waals surface area contributed by atoms with Gasteiger partial charge in [-0.3, -0.25) is 0 Å². The van der Waals surface area contributed by atoms with E-state index in [9.17, 15) is 4.39 Å². The highest BCUT2D eigenvalue weighted by atomic mass is 19.1. The van der Waals surface area contributed by atoms with Crippen LogP contribution in [0, 0.1) is 11.2 Å². The van der Waals surface area contributed by atoms with Gasteiger partial charge in [0, 0.05) is 24.2 Å². The second-order valence-corrected chi connectivity index (χ2v) is 4.74. The van der Waals surface area contributed by atoms with Crippen LogP contribution >= 0.6 is 0 Å². The van der Waals surface area contributed by atoms with Crippen LogP contribution in [-0.4, -0.2) is 20.1 Å². The molecular weight excluding hydrogens is 203 g/mol. The molecule has 0 aliphatic heterocycles. The quantitative estimate of drug-likeness (QED) is 0.800. The molecular formula is C13H19FN2. The van der Waals surface area contributed by atoms with Crippen LogP contribution in [0.2, 0.25) is 0 Å². The molecule has 1 aromatic rings. The van der Waals surface area contributed by atoms with E-state index in [0.717, 1.165) is 18.8 Å². The first-order chi connectivity index (χ1) is 7.74. The minimum atomic E-state index is -0.181. The Morgan fingerprint density at radius 2 is 1.88 bits per heavy atom. The van der Waals surface area contributed by atoms with Gasteiger partial charge in [0.05, 0.1) is 0 Å². The van der Waals surface area contributed by atoms with E-state index in [1.165, 1.54) is 31.4 Å². The Kier molecular flexibility index (Phi) is 3.44. The number of benzene rings is 1. The van der Waals surface area contributed by atoms with Gasteiger partial charge >= 0.3 is 0 Å². The summed E-state index contributed by atoms with van der Waals surface area (Å²) in [6.07, 6.45) is 3.89. The third-order valence-corrected chi connectivity index (χ3v) is 3.48. The van der Waals surface area contributed by atoms with Gasteiger partial charge in [-0.05, 0) is 44.2 Å². The SMILES string of the molecule is CNCC1(CNc2ccc(F)cc2)CCC1. The van der Waals surface area contributed by atoms with E-state index >= 15 is 0 Å². The number of anilines is 1. The molecule has 1 fully saturated rings. The van der Waals surface area contributed by atoms with E-state index in [4.69, 9.17) is 0 Å². The summed E-state index contributed by atoms with van der Waals surface area (Å²) in [4.78, 5) is 0. The highest BCUT2D eigenvalue weighted by molar-refractivity contribution is 5.43. The Morgan fingerprint density at radius 1 is 1.19 bits per heavy atom. The fourth-order valence-electron chi connectivity index (χ4n) is 2.33. The third-order valence-electron chi connectivity index (χ3n) is 3.48. The molecule has 1 aromatic carbocycles. The van der Waals surface area contributed by atoms with Gasteiger partial charge in [-0.15, -0.1) is 0 Å². The first-order valence-electron chi connectivity index (χ1n) is 5.88. The van der Waals surface area contributed by atoms with Gasteiger partial charge in [-0.25, -0.2) is 4.39 Å². The van der Waals surface area contributed by atoms with Crippen molar-refractivity contribution in [2.45, 2.75) is 19.3 Å². The van der Waals surface area contributed by atoms with Gasteiger partial charge in [0.25, 0.3) is 0 Å². The van der Waals surface area contributed by atoms with E-state index in [2.05, 4.69) is 10.6 Å². The van der Waals surface area contributed by atoms with Crippen LogP contribution < -0.4 is 10.6 Å². The van der Waals surface area contributed by atoms with Crippen molar-refractivity contribution in [3.05, 3.63) is 30.1 Å². The molecule has 16 heavy (non-hydrogen) atoms. The zero-order valence-electron chi connectivity index (χ0n) is 9.72. The van der Waals surface area contributed by atoms with Gasteiger partial charge in [0.2, 0.25) is 0 Å². The number of hydrogen-bond donors (Lipinski definition) is 2. The van der Waals surface area contributed by atoms with Crippen molar-refractivity contribution in [3.8, 4) is 0 Å². The highest BCUT2D eigenvalue weighted by Gasteiger charge is 2.35. The minimum Gasteiger partial charge on any atom is -0.384 e. The largest absolute Gasteiger partial charge is 0.384 e. The lowest BCUT2D eigenvalue weighted by atomic mass is 9.68. The van der Waals surface area contributed by atoms with Crippen LogP contribution in [0.5, 0.6) is 0 Å². The number of rotatable bonds is 5. The first-order valence-corrected chi connectivity index (χ1v) is 5.88. The Bertz CT molecular complexity index is 330. The predicted octanol–water partition coefficient (Wildman–Crippen LogP) is 2.63. The van der Waals surface area contributed by atoms with Gasteiger partial charge in [-0.2, -0.15) is 0 Å². The Labute approximate surface area is 96.2 Å². The lowest BCUT2D eigenvalue weighted by molar-refractivity contribution is 0.151. The smallest absolute Gasteiger partial charge is 0.123 e. The van der Waals surface area contributed by atoms with Gasteiger partial charge in [0.1, 0.15) is 5.82 Å². The van der Waals surface area contributed by atoms with Crippen molar-refractivity contribution < 1.29 is 4.39 Å². The number of halogens is 1. The van der Waals surface area contributed by atoms with Crippen molar-refractivity contribution in [3.63, 3.8) is 0 Å². The fourth-order valence-corrected chi connectivity index (χ4v) is 2.33. The van der Waals surface area contributed by atoms with Gasteiger partial charge < -0.3 is 10.6 Å². The summed E-state index contributed by atoms with van der Waals surface area (Å²) in [5, 5.41) is 6.65. The lowest BCUT2D eigenvalue weighted by Gasteiger charge is -2.42.